The van der Waals surface area contributed by atoms with E-state index in [0.717, 1.165) is 14.8 Å². The maximum Gasteiger partial charge on any atom is 0.287 e. The fraction of sp³-hybridized carbons (Fsp3) is 0.0800. The summed E-state index contributed by atoms with van der Waals surface area (Å²) < 4.78 is 0.912. The molecule has 0 bridgehead atoms. The summed E-state index contributed by atoms with van der Waals surface area (Å²) in [7, 11) is 3.88. The van der Waals surface area contributed by atoms with Crippen molar-refractivity contribution in [2.24, 2.45) is 5.10 Å². The highest BCUT2D eigenvalue weighted by Crippen LogP contribution is 2.18. The zero-order valence-electron chi connectivity index (χ0n) is 18.1. The Morgan fingerprint density at radius 2 is 1.70 bits per heavy atom. The highest BCUT2D eigenvalue weighted by molar-refractivity contribution is 14.1. The Morgan fingerprint density at radius 1 is 1.00 bits per heavy atom. The summed E-state index contributed by atoms with van der Waals surface area (Å²) in [5, 5.41) is 16.5. The van der Waals surface area contributed by atoms with Gasteiger partial charge in [0, 0.05) is 34.5 Å². The molecule has 0 spiro atoms. The lowest BCUT2D eigenvalue weighted by atomic mass is 10.1. The molecule has 3 N–H and O–H groups in total. The molecule has 0 aliphatic carbocycles. The van der Waals surface area contributed by atoms with Gasteiger partial charge >= 0.3 is 0 Å². The summed E-state index contributed by atoms with van der Waals surface area (Å²) in [6.07, 6.45) is 2.92. The summed E-state index contributed by atoms with van der Waals surface area (Å²) in [6.45, 7) is 0. The van der Waals surface area contributed by atoms with E-state index in [1.165, 1.54) is 6.21 Å². The maximum atomic E-state index is 12.9. The fourth-order valence-corrected chi connectivity index (χ4v) is 3.34. The van der Waals surface area contributed by atoms with Crippen LogP contribution in [0.5, 0.6) is 5.75 Å². The standard InChI is InChI=1S/C25H23IN4O3/c1-30(2)21-11-8-17(9-12-21)14-22(28-24(32)18-6-4-3-5-7-18)25(33)29-27-16-19-15-20(26)10-13-23(19)31/h3-16,31H,1-2H3,(H,28,32)(H,29,33)/b22-14-,27-16-. The van der Waals surface area contributed by atoms with Crippen molar-refractivity contribution in [3.63, 3.8) is 0 Å². The van der Waals surface area contributed by atoms with Crippen molar-refractivity contribution < 1.29 is 14.7 Å². The van der Waals surface area contributed by atoms with Crippen molar-refractivity contribution in [3.05, 3.63) is 98.8 Å². The van der Waals surface area contributed by atoms with Gasteiger partial charge in [0.25, 0.3) is 11.8 Å². The van der Waals surface area contributed by atoms with E-state index in [1.54, 1.807) is 54.6 Å². The predicted molar refractivity (Wildman–Crippen MR) is 139 cm³/mol. The Morgan fingerprint density at radius 3 is 2.36 bits per heavy atom. The van der Waals surface area contributed by atoms with Crippen LogP contribution in [0.2, 0.25) is 0 Å². The second-order valence-corrected chi connectivity index (χ2v) is 8.51. The van der Waals surface area contributed by atoms with Gasteiger partial charge in [-0.15, -0.1) is 0 Å². The quantitative estimate of drug-likeness (QED) is 0.178. The van der Waals surface area contributed by atoms with E-state index in [9.17, 15) is 14.7 Å². The third-order valence-corrected chi connectivity index (χ3v) is 5.28. The van der Waals surface area contributed by atoms with Gasteiger partial charge in [0.1, 0.15) is 11.4 Å². The van der Waals surface area contributed by atoms with Gasteiger partial charge in [-0.2, -0.15) is 5.10 Å². The molecule has 0 heterocycles. The molecule has 8 heteroatoms. The lowest BCUT2D eigenvalue weighted by Gasteiger charge is -2.12. The smallest absolute Gasteiger partial charge is 0.287 e. The molecule has 0 unspecified atom stereocenters. The molecule has 0 fully saturated rings. The van der Waals surface area contributed by atoms with Gasteiger partial charge in [-0.25, -0.2) is 5.43 Å². The minimum atomic E-state index is -0.600. The first kappa shape index (κ1) is 24.0. The average Bonchev–Trinajstić information content (AvgIpc) is 2.81. The minimum absolute atomic E-state index is 0.0328. The van der Waals surface area contributed by atoms with Crippen LogP contribution in [0, 0.1) is 3.57 Å². The number of hydrogen-bond donors (Lipinski definition) is 3. The summed E-state index contributed by atoms with van der Waals surface area (Å²) in [4.78, 5) is 27.5. The number of hydrazone groups is 1. The number of anilines is 1. The first-order valence-corrected chi connectivity index (χ1v) is 11.1. The van der Waals surface area contributed by atoms with Crippen LogP contribution >= 0.6 is 22.6 Å². The molecule has 3 aromatic carbocycles. The summed E-state index contributed by atoms with van der Waals surface area (Å²) in [5.41, 5.74) is 5.07. The van der Waals surface area contributed by atoms with Gasteiger partial charge < -0.3 is 15.3 Å². The summed E-state index contributed by atoms with van der Waals surface area (Å²) in [6, 6.07) is 21.2. The number of hydrogen-bond acceptors (Lipinski definition) is 5. The summed E-state index contributed by atoms with van der Waals surface area (Å²) >= 11 is 2.12. The molecule has 0 aromatic heterocycles. The van der Waals surface area contributed by atoms with Crippen LogP contribution in [0.3, 0.4) is 0 Å². The Balaban J connectivity index is 1.83. The minimum Gasteiger partial charge on any atom is -0.507 e. The molecule has 33 heavy (non-hydrogen) atoms. The van der Waals surface area contributed by atoms with Gasteiger partial charge in [-0.05, 0) is 76.7 Å². The number of carbonyl (C=O) groups is 2. The third-order valence-electron chi connectivity index (χ3n) is 4.61. The first-order valence-electron chi connectivity index (χ1n) is 10.0. The number of amides is 2. The lowest BCUT2D eigenvalue weighted by molar-refractivity contribution is -0.117. The second-order valence-electron chi connectivity index (χ2n) is 7.27. The Hall–Kier alpha value is -3.66. The molecule has 0 saturated heterocycles. The van der Waals surface area contributed by atoms with Crippen molar-refractivity contribution in [2.75, 3.05) is 19.0 Å². The highest BCUT2D eigenvalue weighted by Gasteiger charge is 2.14. The van der Waals surface area contributed by atoms with Gasteiger partial charge in [0.05, 0.1) is 6.21 Å². The van der Waals surface area contributed by atoms with Crippen LogP contribution in [0.25, 0.3) is 6.08 Å². The molecule has 0 saturated carbocycles. The van der Waals surface area contributed by atoms with Crippen molar-refractivity contribution in [2.45, 2.75) is 0 Å². The number of carbonyl (C=O) groups excluding carboxylic acids is 2. The number of nitrogens with one attached hydrogen (secondary N) is 2. The van der Waals surface area contributed by atoms with Gasteiger partial charge in [-0.3, -0.25) is 9.59 Å². The lowest BCUT2D eigenvalue weighted by Crippen LogP contribution is -2.32. The van der Waals surface area contributed by atoms with Gasteiger partial charge in [0.15, 0.2) is 0 Å². The van der Waals surface area contributed by atoms with Crippen molar-refractivity contribution in [3.8, 4) is 5.75 Å². The Kier molecular flexibility index (Phi) is 8.20. The summed E-state index contributed by atoms with van der Waals surface area (Å²) in [5.74, 6) is -0.971. The van der Waals surface area contributed by atoms with Crippen molar-refractivity contribution in [1.82, 2.24) is 10.7 Å². The zero-order valence-corrected chi connectivity index (χ0v) is 20.3. The van der Waals surface area contributed by atoms with E-state index in [4.69, 9.17) is 0 Å². The molecular formula is C25H23IN4O3. The molecule has 3 rings (SSSR count). The van der Waals surface area contributed by atoms with Gasteiger partial charge in [0.2, 0.25) is 0 Å². The van der Waals surface area contributed by atoms with E-state index in [0.29, 0.717) is 11.1 Å². The normalized spacial score (nSPS) is 11.3. The number of halogens is 1. The third kappa shape index (κ3) is 6.91. The van der Waals surface area contributed by atoms with E-state index in [2.05, 4.69) is 38.4 Å². The van der Waals surface area contributed by atoms with E-state index in [1.807, 2.05) is 43.3 Å². The molecule has 7 nitrogen and oxygen atoms in total. The molecule has 0 aliphatic heterocycles. The van der Waals surface area contributed by atoms with Crippen LogP contribution < -0.4 is 15.6 Å². The van der Waals surface area contributed by atoms with Gasteiger partial charge in [-0.1, -0.05) is 30.3 Å². The predicted octanol–water partition coefficient (Wildman–Crippen LogP) is 3.98. The molecule has 0 atom stereocenters. The maximum absolute atomic E-state index is 12.9. The SMILES string of the molecule is CN(C)c1ccc(/C=C(\NC(=O)c2ccccc2)C(=O)N/N=C\c2cc(I)ccc2O)cc1. The Labute approximate surface area is 206 Å². The van der Waals surface area contributed by atoms with E-state index >= 15 is 0 Å². The highest BCUT2D eigenvalue weighted by atomic mass is 127. The van der Waals surface area contributed by atoms with Crippen molar-refractivity contribution in [1.29, 1.82) is 0 Å². The Bertz CT molecular complexity index is 1190. The van der Waals surface area contributed by atoms with Crippen LogP contribution in [-0.2, 0) is 4.79 Å². The molecule has 0 radical (unpaired) electrons. The number of aromatic hydroxyl groups is 1. The number of phenolic OH excluding ortho intramolecular Hbond substituents is 1. The molecule has 168 valence electrons. The average molecular weight is 554 g/mol. The number of phenols is 1. The molecule has 0 aliphatic rings. The first-order chi connectivity index (χ1) is 15.8. The second kappa shape index (κ2) is 11.3. The zero-order chi connectivity index (χ0) is 23.8. The van der Waals surface area contributed by atoms with Crippen LogP contribution in [0.1, 0.15) is 21.5 Å². The number of nitrogens with zero attached hydrogens (tertiary/aromatic N) is 2. The van der Waals surface area contributed by atoms with E-state index in [-0.39, 0.29) is 11.4 Å². The largest absolute Gasteiger partial charge is 0.507 e. The van der Waals surface area contributed by atoms with Crippen LogP contribution in [0.4, 0.5) is 5.69 Å². The molecule has 2 amide bonds. The topological polar surface area (TPSA) is 94.0 Å². The van der Waals surface area contributed by atoms with Crippen LogP contribution in [0.15, 0.2) is 83.6 Å². The van der Waals surface area contributed by atoms with E-state index < -0.39 is 11.8 Å². The van der Waals surface area contributed by atoms with Crippen molar-refractivity contribution >= 4 is 52.4 Å². The number of rotatable bonds is 7. The molecule has 3 aromatic rings. The molecular weight excluding hydrogens is 531 g/mol. The fourth-order valence-electron chi connectivity index (χ4n) is 2.83. The monoisotopic (exact) mass is 554 g/mol. The van der Waals surface area contributed by atoms with Crippen LogP contribution in [-0.4, -0.2) is 37.2 Å². The number of benzene rings is 3.